The topological polar surface area (TPSA) is 41.6 Å². The minimum Gasteiger partial charge on any atom is -0.377 e. The van der Waals surface area contributed by atoms with E-state index >= 15 is 0 Å². The predicted octanol–water partition coefficient (Wildman–Crippen LogP) is 1.01. The van der Waals surface area contributed by atoms with Crippen LogP contribution in [-0.4, -0.2) is 49.2 Å². The van der Waals surface area contributed by atoms with Crippen LogP contribution in [-0.2, 0) is 9.53 Å². The van der Waals surface area contributed by atoms with Gasteiger partial charge in [0.15, 0.2) is 0 Å². The third-order valence-electron chi connectivity index (χ3n) is 5.01. The fourth-order valence-electron chi connectivity index (χ4n) is 3.79. The van der Waals surface area contributed by atoms with Gasteiger partial charge in [0.25, 0.3) is 0 Å². The smallest absolute Gasteiger partial charge is 0.226 e. The molecule has 1 amide bonds. The summed E-state index contributed by atoms with van der Waals surface area (Å²) in [7, 11) is 0. The molecule has 2 aliphatic heterocycles. The zero-order chi connectivity index (χ0) is 12.8. The molecule has 1 saturated carbocycles. The van der Waals surface area contributed by atoms with Gasteiger partial charge >= 0.3 is 0 Å². The van der Waals surface area contributed by atoms with Crippen molar-refractivity contribution in [2.75, 3.05) is 26.3 Å². The average molecular weight is 252 g/mol. The molecule has 3 atom stereocenters. The molecule has 1 N–H and O–H groups in total. The molecule has 3 aliphatic rings. The van der Waals surface area contributed by atoms with Gasteiger partial charge in [0.1, 0.15) is 0 Å². The quantitative estimate of drug-likeness (QED) is 0.757. The number of carbonyl (C=O) groups excluding carboxylic acids is 1. The highest BCUT2D eigenvalue weighted by Gasteiger charge is 2.59. The fourth-order valence-corrected chi connectivity index (χ4v) is 3.79. The first-order valence-electron chi connectivity index (χ1n) is 7.25. The monoisotopic (exact) mass is 252 g/mol. The Labute approximate surface area is 109 Å². The van der Waals surface area contributed by atoms with Gasteiger partial charge in [0.2, 0.25) is 5.91 Å². The van der Waals surface area contributed by atoms with Crippen molar-refractivity contribution in [3.05, 3.63) is 0 Å². The average Bonchev–Trinajstić information content (AvgIpc) is 3.03. The molecule has 2 saturated heterocycles. The lowest BCUT2D eigenvalue weighted by Crippen LogP contribution is -2.53. The van der Waals surface area contributed by atoms with Crippen LogP contribution >= 0.6 is 0 Å². The van der Waals surface area contributed by atoms with Gasteiger partial charge in [-0.1, -0.05) is 0 Å². The van der Waals surface area contributed by atoms with Crippen molar-refractivity contribution in [3.8, 4) is 0 Å². The van der Waals surface area contributed by atoms with Crippen molar-refractivity contribution in [1.29, 1.82) is 0 Å². The maximum absolute atomic E-state index is 12.7. The summed E-state index contributed by atoms with van der Waals surface area (Å²) >= 11 is 0. The Morgan fingerprint density at radius 3 is 2.44 bits per heavy atom. The summed E-state index contributed by atoms with van der Waals surface area (Å²) in [6, 6.07) is 0.473. The first-order valence-corrected chi connectivity index (χ1v) is 7.25. The Morgan fingerprint density at radius 2 is 1.83 bits per heavy atom. The molecule has 2 heterocycles. The lowest BCUT2D eigenvalue weighted by molar-refractivity contribution is -0.146. The number of amides is 1. The second-order valence-electron chi connectivity index (χ2n) is 6.35. The zero-order valence-electron chi connectivity index (χ0n) is 11.4. The highest BCUT2D eigenvalue weighted by atomic mass is 16.5. The summed E-state index contributed by atoms with van der Waals surface area (Å²) in [5.74, 6) is 0.683. The Balaban J connectivity index is 1.68. The number of rotatable bonds is 1. The number of ether oxygens (including phenoxy) is 1. The molecular formula is C14H24N2O2. The van der Waals surface area contributed by atoms with Gasteiger partial charge in [-0.05, 0) is 51.6 Å². The highest BCUT2D eigenvalue weighted by molar-refractivity contribution is 5.83. The number of hydrogen-bond acceptors (Lipinski definition) is 3. The Kier molecular flexibility index (Phi) is 3.10. The van der Waals surface area contributed by atoms with E-state index in [1.54, 1.807) is 0 Å². The first kappa shape index (κ1) is 12.4. The van der Waals surface area contributed by atoms with Crippen molar-refractivity contribution in [2.24, 2.45) is 11.3 Å². The highest BCUT2D eigenvalue weighted by Crippen LogP contribution is 2.59. The van der Waals surface area contributed by atoms with E-state index in [1.165, 1.54) is 12.8 Å². The van der Waals surface area contributed by atoms with Gasteiger partial charge in [0, 0.05) is 5.92 Å². The zero-order valence-corrected chi connectivity index (χ0v) is 11.4. The number of carbonyl (C=O) groups is 1. The van der Waals surface area contributed by atoms with Crippen LogP contribution in [0.5, 0.6) is 0 Å². The number of nitrogens with zero attached hydrogens (tertiary/aromatic N) is 1. The van der Waals surface area contributed by atoms with E-state index in [1.807, 2.05) is 0 Å². The minimum atomic E-state index is 0.237. The van der Waals surface area contributed by atoms with E-state index in [2.05, 4.69) is 24.1 Å². The SMILES string of the molecule is CC1COCC(C)N1C(=O)C1CC12CCNCC2. The van der Waals surface area contributed by atoms with Gasteiger partial charge in [-0.2, -0.15) is 0 Å². The Bertz CT molecular complexity index is 329. The first-order chi connectivity index (χ1) is 8.64. The molecule has 0 aromatic rings. The molecule has 4 nitrogen and oxygen atoms in total. The summed E-state index contributed by atoms with van der Waals surface area (Å²) in [6.07, 6.45) is 3.47. The molecule has 1 spiro atoms. The summed E-state index contributed by atoms with van der Waals surface area (Å²) in [5, 5.41) is 3.39. The minimum absolute atomic E-state index is 0.237. The van der Waals surface area contributed by atoms with Crippen molar-refractivity contribution >= 4 is 5.91 Å². The van der Waals surface area contributed by atoms with Crippen LogP contribution in [0.25, 0.3) is 0 Å². The van der Waals surface area contributed by atoms with Gasteiger partial charge in [-0.15, -0.1) is 0 Å². The van der Waals surface area contributed by atoms with Crippen molar-refractivity contribution in [1.82, 2.24) is 10.2 Å². The van der Waals surface area contributed by atoms with Crippen LogP contribution in [0.1, 0.15) is 33.1 Å². The Hall–Kier alpha value is -0.610. The molecule has 0 radical (unpaired) electrons. The number of morpholine rings is 1. The van der Waals surface area contributed by atoms with Crippen LogP contribution in [0.4, 0.5) is 0 Å². The van der Waals surface area contributed by atoms with E-state index in [0.29, 0.717) is 30.5 Å². The van der Waals surface area contributed by atoms with Crippen LogP contribution in [0.15, 0.2) is 0 Å². The standard InChI is InChI=1S/C14H24N2O2/c1-10-8-18-9-11(2)16(10)13(17)12-7-14(12)3-5-15-6-4-14/h10-12,15H,3-9H2,1-2H3. The van der Waals surface area contributed by atoms with Gasteiger partial charge in [-0.3, -0.25) is 4.79 Å². The van der Waals surface area contributed by atoms with E-state index in [4.69, 9.17) is 4.74 Å². The molecule has 4 heteroatoms. The van der Waals surface area contributed by atoms with Crippen LogP contribution in [0.2, 0.25) is 0 Å². The van der Waals surface area contributed by atoms with Crippen molar-refractivity contribution in [3.63, 3.8) is 0 Å². The maximum atomic E-state index is 12.7. The number of nitrogens with one attached hydrogen (secondary N) is 1. The summed E-state index contributed by atoms with van der Waals surface area (Å²) in [4.78, 5) is 14.8. The van der Waals surface area contributed by atoms with Crippen molar-refractivity contribution in [2.45, 2.75) is 45.2 Å². The molecule has 3 fully saturated rings. The molecule has 0 aromatic carbocycles. The second kappa shape index (κ2) is 4.49. The molecule has 102 valence electrons. The van der Waals surface area contributed by atoms with Crippen LogP contribution in [0.3, 0.4) is 0 Å². The third-order valence-corrected chi connectivity index (χ3v) is 5.01. The van der Waals surface area contributed by atoms with Crippen molar-refractivity contribution < 1.29 is 9.53 Å². The third kappa shape index (κ3) is 1.95. The molecule has 3 unspecified atom stereocenters. The Morgan fingerprint density at radius 1 is 1.22 bits per heavy atom. The second-order valence-corrected chi connectivity index (χ2v) is 6.35. The summed E-state index contributed by atoms with van der Waals surface area (Å²) < 4.78 is 5.51. The lowest BCUT2D eigenvalue weighted by atomic mass is 9.91. The molecule has 3 rings (SSSR count). The summed E-state index contributed by atoms with van der Waals surface area (Å²) in [5.41, 5.74) is 0.347. The van der Waals surface area contributed by atoms with Crippen LogP contribution in [0, 0.1) is 11.3 Å². The number of piperidine rings is 1. The van der Waals surface area contributed by atoms with E-state index in [9.17, 15) is 4.79 Å². The molecule has 1 aliphatic carbocycles. The maximum Gasteiger partial charge on any atom is 0.226 e. The number of hydrogen-bond donors (Lipinski definition) is 1. The molecule has 18 heavy (non-hydrogen) atoms. The van der Waals surface area contributed by atoms with Gasteiger partial charge < -0.3 is 15.0 Å². The van der Waals surface area contributed by atoms with E-state index in [0.717, 1.165) is 19.5 Å². The predicted molar refractivity (Wildman–Crippen MR) is 69.2 cm³/mol. The van der Waals surface area contributed by atoms with E-state index in [-0.39, 0.29) is 12.1 Å². The van der Waals surface area contributed by atoms with E-state index < -0.39 is 0 Å². The van der Waals surface area contributed by atoms with Crippen LogP contribution < -0.4 is 5.32 Å². The fraction of sp³-hybridized carbons (Fsp3) is 0.929. The molecule has 0 bridgehead atoms. The lowest BCUT2D eigenvalue weighted by Gasteiger charge is -2.39. The summed E-state index contributed by atoms with van der Waals surface area (Å²) in [6.45, 7) is 7.75. The molecular weight excluding hydrogens is 228 g/mol. The van der Waals surface area contributed by atoms with Gasteiger partial charge in [-0.25, -0.2) is 0 Å². The molecule has 0 aromatic heterocycles. The van der Waals surface area contributed by atoms with Gasteiger partial charge in [0.05, 0.1) is 25.3 Å². The largest absolute Gasteiger partial charge is 0.377 e. The normalized spacial score (nSPS) is 38.8.